The third-order valence-corrected chi connectivity index (χ3v) is 4.30. The Morgan fingerprint density at radius 1 is 1.07 bits per heavy atom. The smallest absolute Gasteiger partial charge is 0.291 e. The van der Waals surface area contributed by atoms with Crippen molar-refractivity contribution in [3.63, 3.8) is 0 Å². The van der Waals surface area contributed by atoms with Gasteiger partial charge in [-0.3, -0.25) is 4.79 Å². The van der Waals surface area contributed by atoms with Crippen molar-refractivity contribution in [1.82, 2.24) is 9.97 Å². The molecule has 1 fully saturated rings. The largest absolute Gasteiger partial charge is 0.459 e. The van der Waals surface area contributed by atoms with E-state index < -0.39 is 0 Å². The number of carbonyl (C=O) groups excluding carboxylic acids is 1. The number of amides is 1. The molecule has 2 aromatic heterocycles. The first-order valence-electron chi connectivity index (χ1n) is 9.08. The highest BCUT2D eigenvalue weighted by molar-refractivity contribution is 6.02. The van der Waals surface area contributed by atoms with E-state index in [2.05, 4.69) is 25.5 Å². The predicted octanol–water partition coefficient (Wildman–Crippen LogP) is 3.21. The summed E-state index contributed by atoms with van der Waals surface area (Å²) in [7, 11) is 0. The Labute approximate surface area is 162 Å². The number of aryl methyl sites for hydroxylation is 1. The summed E-state index contributed by atoms with van der Waals surface area (Å²) < 4.78 is 10.5. The van der Waals surface area contributed by atoms with Gasteiger partial charge in [-0.1, -0.05) is 0 Å². The van der Waals surface area contributed by atoms with Gasteiger partial charge in [-0.2, -0.15) is 4.98 Å². The molecule has 1 aromatic carbocycles. The van der Waals surface area contributed by atoms with E-state index in [1.807, 2.05) is 37.3 Å². The topological polar surface area (TPSA) is 92.5 Å². The van der Waals surface area contributed by atoms with Gasteiger partial charge in [-0.05, 0) is 43.3 Å². The normalized spacial score (nSPS) is 14.0. The summed E-state index contributed by atoms with van der Waals surface area (Å²) in [6.45, 7) is 4.89. The average Bonchev–Trinajstić information content (AvgIpc) is 3.25. The highest BCUT2D eigenvalue weighted by Crippen LogP contribution is 2.21. The van der Waals surface area contributed by atoms with Crippen molar-refractivity contribution in [1.29, 1.82) is 0 Å². The van der Waals surface area contributed by atoms with Crippen LogP contribution >= 0.6 is 0 Å². The number of carbonyl (C=O) groups is 1. The Kier molecular flexibility index (Phi) is 5.20. The van der Waals surface area contributed by atoms with Crippen molar-refractivity contribution in [3.05, 3.63) is 60.2 Å². The molecule has 0 radical (unpaired) electrons. The van der Waals surface area contributed by atoms with Crippen LogP contribution in [-0.4, -0.2) is 42.2 Å². The van der Waals surface area contributed by atoms with Crippen LogP contribution in [0, 0.1) is 6.92 Å². The Bertz CT molecular complexity index is 935. The lowest BCUT2D eigenvalue weighted by atomic mass is 10.2. The molecule has 0 spiro atoms. The van der Waals surface area contributed by atoms with E-state index >= 15 is 0 Å². The molecule has 0 unspecified atom stereocenters. The summed E-state index contributed by atoms with van der Waals surface area (Å²) in [5.74, 6) is 1.41. The number of ether oxygens (including phenoxy) is 1. The van der Waals surface area contributed by atoms with Crippen LogP contribution in [0.1, 0.15) is 16.2 Å². The van der Waals surface area contributed by atoms with Crippen molar-refractivity contribution in [3.8, 4) is 0 Å². The third-order valence-electron chi connectivity index (χ3n) is 4.30. The minimum atomic E-state index is -0.285. The predicted molar refractivity (Wildman–Crippen MR) is 106 cm³/mol. The second kappa shape index (κ2) is 8.10. The maximum absolute atomic E-state index is 12.0. The zero-order chi connectivity index (χ0) is 19.3. The molecule has 1 aliphatic heterocycles. The molecule has 1 saturated heterocycles. The van der Waals surface area contributed by atoms with Crippen molar-refractivity contribution in [2.45, 2.75) is 6.92 Å². The fourth-order valence-corrected chi connectivity index (χ4v) is 2.91. The zero-order valence-corrected chi connectivity index (χ0v) is 15.5. The first-order valence-corrected chi connectivity index (χ1v) is 9.08. The Morgan fingerprint density at radius 2 is 1.82 bits per heavy atom. The summed E-state index contributed by atoms with van der Waals surface area (Å²) in [5, 5.41) is 6.08. The van der Waals surface area contributed by atoms with Gasteiger partial charge in [0.1, 0.15) is 5.82 Å². The van der Waals surface area contributed by atoms with Crippen LogP contribution in [0.4, 0.5) is 23.1 Å². The molecule has 1 amide bonds. The summed E-state index contributed by atoms with van der Waals surface area (Å²) in [4.78, 5) is 23.3. The summed E-state index contributed by atoms with van der Waals surface area (Å²) in [6.07, 6.45) is 1.47. The number of aromatic nitrogens is 2. The fraction of sp³-hybridized carbons (Fsp3) is 0.250. The molecular formula is C20H21N5O3. The monoisotopic (exact) mass is 379 g/mol. The molecule has 3 heterocycles. The van der Waals surface area contributed by atoms with Gasteiger partial charge < -0.3 is 24.7 Å². The number of benzene rings is 1. The zero-order valence-electron chi connectivity index (χ0n) is 15.5. The minimum absolute atomic E-state index is 0.273. The molecule has 0 atom stereocenters. The molecule has 8 heteroatoms. The minimum Gasteiger partial charge on any atom is -0.459 e. The van der Waals surface area contributed by atoms with Gasteiger partial charge in [0.15, 0.2) is 5.76 Å². The molecule has 4 rings (SSSR count). The highest BCUT2D eigenvalue weighted by atomic mass is 16.5. The maximum atomic E-state index is 12.0. The number of hydrogen-bond donors (Lipinski definition) is 2. The molecule has 28 heavy (non-hydrogen) atoms. The van der Waals surface area contributed by atoms with Crippen LogP contribution in [0.2, 0.25) is 0 Å². The Balaban J connectivity index is 1.44. The van der Waals surface area contributed by atoms with Crippen LogP contribution in [0.5, 0.6) is 0 Å². The van der Waals surface area contributed by atoms with Crippen molar-refractivity contribution < 1.29 is 13.9 Å². The van der Waals surface area contributed by atoms with Crippen LogP contribution in [0.15, 0.2) is 53.1 Å². The van der Waals surface area contributed by atoms with Crippen molar-refractivity contribution in [2.75, 3.05) is 41.8 Å². The van der Waals surface area contributed by atoms with Gasteiger partial charge in [0.05, 0.1) is 19.5 Å². The SMILES string of the molecule is Cc1cc(Nc2ccc(NC(=O)c3ccco3)cc2)nc(N2CCOCC2)n1. The molecule has 1 aliphatic rings. The van der Waals surface area contributed by atoms with E-state index in [9.17, 15) is 4.79 Å². The number of anilines is 4. The highest BCUT2D eigenvalue weighted by Gasteiger charge is 2.15. The second-order valence-electron chi connectivity index (χ2n) is 6.43. The van der Waals surface area contributed by atoms with Crippen molar-refractivity contribution in [2.24, 2.45) is 0 Å². The van der Waals surface area contributed by atoms with Gasteiger partial charge in [-0.25, -0.2) is 4.98 Å². The van der Waals surface area contributed by atoms with Gasteiger partial charge in [0, 0.05) is 36.2 Å². The second-order valence-corrected chi connectivity index (χ2v) is 6.43. The molecule has 144 valence electrons. The third kappa shape index (κ3) is 4.29. The summed E-state index contributed by atoms with van der Waals surface area (Å²) in [6, 6.07) is 12.6. The van der Waals surface area contributed by atoms with Crippen LogP contribution in [0.3, 0.4) is 0 Å². The number of nitrogens with zero attached hydrogens (tertiary/aromatic N) is 3. The van der Waals surface area contributed by atoms with Crippen LogP contribution in [0.25, 0.3) is 0 Å². The maximum Gasteiger partial charge on any atom is 0.291 e. The summed E-state index contributed by atoms with van der Waals surface area (Å²) >= 11 is 0. The van der Waals surface area contributed by atoms with Gasteiger partial charge in [0.25, 0.3) is 5.91 Å². The molecule has 3 aromatic rings. The van der Waals surface area contributed by atoms with E-state index in [-0.39, 0.29) is 11.7 Å². The van der Waals surface area contributed by atoms with E-state index in [1.165, 1.54) is 6.26 Å². The number of nitrogens with one attached hydrogen (secondary N) is 2. The molecule has 2 N–H and O–H groups in total. The lowest BCUT2D eigenvalue weighted by Gasteiger charge is -2.27. The van der Waals surface area contributed by atoms with E-state index in [0.717, 1.165) is 30.3 Å². The standard InChI is InChI=1S/C20H21N5O3/c1-14-13-18(24-20(21-14)25-8-11-27-12-9-25)22-15-4-6-16(7-5-15)23-19(26)17-3-2-10-28-17/h2-7,10,13H,8-9,11-12H2,1H3,(H,23,26)(H,21,22,24). The van der Waals surface area contributed by atoms with Gasteiger partial charge >= 0.3 is 0 Å². The average molecular weight is 379 g/mol. The Morgan fingerprint density at radius 3 is 2.54 bits per heavy atom. The number of furan rings is 1. The molecule has 0 aliphatic carbocycles. The number of rotatable bonds is 5. The molecule has 0 saturated carbocycles. The first kappa shape index (κ1) is 18.0. The number of hydrogen-bond acceptors (Lipinski definition) is 7. The fourth-order valence-electron chi connectivity index (χ4n) is 2.91. The van der Waals surface area contributed by atoms with E-state index in [4.69, 9.17) is 9.15 Å². The Hall–Kier alpha value is -3.39. The van der Waals surface area contributed by atoms with Crippen LogP contribution in [-0.2, 0) is 4.74 Å². The van der Waals surface area contributed by atoms with Gasteiger partial charge in [0.2, 0.25) is 5.95 Å². The molecule has 8 nitrogen and oxygen atoms in total. The van der Waals surface area contributed by atoms with Crippen molar-refractivity contribution >= 4 is 29.0 Å². The van der Waals surface area contributed by atoms with E-state index in [0.29, 0.717) is 24.8 Å². The lowest BCUT2D eigenvalue weighted by Crippen LogP contribution is -2.37. The molecule has 0 bridgehead atoms. The van der Waals surface area contributed by atoms with Crippen LogP contribution < -0.4 is 15.5 Å². The quantitative estimate of drug-likeness (QED) is 0.703. The number of morpholine rings is 1. The van der Waals surface area contributed by atoms with E-state index in [1.54, 1.807) is 12.1 Å². The summed E-state index contributed by atoms with van der Waals surface area (Å²) in [5.41, 5.74) is 2.43. The molecular weight excluding hydrogens is 358 g/mol. The van der Waals surface area contributed by atoms with Gasteiger partial charge in [-0.15, -0.1) is 0 Å². The lowest BCUT2D eigenvalue weighted by molar-refractivity contribution is 0.0996. The first-order chi connectivity index (χ1) is 13.7.